The Morgan fingerprint density at radius 2 is 1.94 bits per heavy atom. The molecule has 0 fully saturated rings. The van der Waals surface area contributed by atoms with Crippen LogP contribution in [0.3, 0.4) is 0 Å². The van der Waals surface area contributed by atoms with Crippen LogP contribution in [0.4, 0.5) is 5.69 Å². The highest BCUT2D eigenvalue weighted by Crippen LogP contribution is 2.15. The van der Waals surface area contributed by atoms with E-state index in [1.807, 2.05) is 30.3 Å². The zero-order valence-corrected chi connectivity index (χ0v) is 8.98. The summed E-state index contributed by atoms with van der Waals surface area (Å²) in [5, 5.41) is 18.9. The Morgan fingerprint density at radius 1 is 1.18 bits per heavy atom. The molecule has 1 N–H and O–H groups in total. The molecule has 0 saturated carbocycles. The second kappa shape index (κ2) is 5.29. The molecule has 5 nitrogen and oxygen atoms in total. The van der Waals surface area contributed by atoms with Crippen molar-refractivity contribution in [1.82, 2.24) is 4.98 Å². The first-order chi connectivity index (χ1) is 8.25. The van der Waals surface area contributed by atoms with E-state index < -0.39 is 0 Å². The summed E-state index contributed by atoms with van der Waals surface area (Å²) in [6.07, 6.45) is 1.24. The molecule has 0 radical (unpaired) electrons. The molecule has 88 valence electrons. The van der Waals surface area contributed by atoms with Crippen LogP contribution in [0.5, 0.6) is 5.88 Å². The van der Waals surface area contributed by atoms with E-state index in [9.17, 15) is 5.21 Å². The van der Waals surface area contributed by atoms with Gasteiger partial charge in [0.1, 0.15) is 6.61 Å². The van der Waals surface area contributed by atoms with E-state index in [1.165, 1.54) is 18.3 Å². The zero-order chi connectivity index (χ0) is 12.1. The van der Waals surface area contributed by atoms with Crippen LogP contribution < -0.4 is 9.96 Å². The van der Waals surface area contributed by atoms with Gasteiger partial charge in [-0.25, -0.2) is 4.98 Å². The van der Waals surface area contributed by atoms with Crippen LogP contribution in [0.1, 0.15) is 5.56 Å². The average Bonchev–Trinajstić information content (AvgIpc) is 2.38. The van der Waals surface area contributed by atoms with Gasteiger partial charge >= 0.3 is 0 Å². The molecular weight excluding hydrogens is 220 g/mol. The maximum atomic E-state index is 10.5. The van der Waals surface area contributed by atoms with Gasteiger partial charge in [-0.15, -0.1) is 0 Å². The summed E-state index contributed by atoms with van der Waals surface area (Å²) >= 11 is 0. The Balaban J connectivity index is 1.96. The smallest absolute Gasteiger partial charge is 0.213 e. The quantitative estimate of drug-likeness (QED) is 0.818. The average molecular weight is 231 g/mol. The van der Waals surface area contributed by atoms with E-state index in [4.69, 9.17) is 9.94 Å². The third-order valence-corrected chi connectivity index (χ3v) is 2.17. The van der Waals surface area contributed by atoms with Gasteiger partial charge in [0.25, 0.3) is 0 Å². The van der Waals surface area contributed by atoms with Gasteiger partial charge in [0.05, 0.1) is 11.9 Å². The molecule has 0 unspecified atom stereocenters. The first kappa shape index (κ1) is 11.4. The number of anilines is 1. The Hall–Kier alpha value is -2.11. The Kier molecular flexibility index (Phi) is 3.54. The summed E-state index contributed by atoms with van der Waals surface area (Å²) < 4.78 is 5.41. The SMILES string of the molecule is [O-]N(O)c1ccc(OCc2ccccc2)nc1. The van der Waals surface area contributed by atoms with Crippen LogP contribution in [0.2, 0.25) is 0 Å². The lowest BCUT2D eigenvalue weighted by atomic mass is 10.2. The molecule has 2 aromatic rings. The van der Waals surface area contributed by atoms with Gasteiger partial charge in [-0.05, 0) is 11.6 Å². The number of hydrogen-bond acceptors (Lipinski definition) is 5. The van der Waals surface area contributed by atoms with Crippen molar-refractivity contribution in [2.45, 2.75) is 6.61 Å². The zero-order valence-electron chi connectivity index (χ0n) is 8.98. The molecular formula is C12H11N2O3-. The number of aromatic nitrogens is 1. The molecule has 0 aliphatic rings. The van der Waals surface area contributed by atoms with Crippen LogP contribution in [-0.2, 0) is 6.61 Å². The highest BCUT2D eigenvalue weighted by molar-refractivity contribution is 5.42. The molecule has 5 heteroatoms. The second-order valence-corrected chi connectivity index (χ2v) is 3.40. The topological polar surface area (TPSA) is 68.7 Å². The number of nitrogens with zero attached hydrogens (tertiary/aromatic N) is 2. The van der Waals surface area contributed by atoms with Crippen molar-refractivity contribution in [2.24, 2.45) is 0 Å². The van der Waals surface area contributed by atoms with Crippen LogP contribution in [0.15, 0.2) is 48.7 Å². The molecule has 1 heterocycles. The monoisotopic (exact) mass is 231 g/mol. The van der Waals surface area contributed by atoms with E-state index in [1.54, 1.807) is 0 Å². The van der Waals surface area contributed by atoms with Gasteiger partial charge in [-0.2, -0.15) is 0 Å². The molecule has 0 aliphatic carbocycles. The van der Waals surface area contributed by atoms with E-state index in [0.29, 0.717) is 12.5 Å². The number of benzene rings is 1. The molecule has 0 aliphatic heterocycles. The third kappa shape index (κ3) is 3.17. The molecule has 0 saturated heterocycles. The Morgan fingerprint density at radius 3 is 2.53 bits per heavy atom. The minimum Gasteiger partial charge on any atom is -0.733 e. The largest absolute Gasteiger partial charge is 0.733 e. The lowest BCUT2D eigenvalue weighted by molar-refractivity contribution is 0.289. The summed E-state index contributed by atoms with van der Waals surface area (Å²) in [5.41, 5.74) is 1.10. The van der Waals surface area contributed by atoms with Crippen molar-refractivity contribution in [3.05, 3.63) is 59.4 Å². The summed E-state index contributed by atoms with van der Waals surface area (Å²) in [7, 11) is 0. The second-order valence-electron chi connectivity index (χ2n) is 3.40. The van der Waals surface area contributed by atoms with Crippen molar-refractivity contribution in [3.8, 4) is 5.88 Å². The number of rotatable bonds is 4. The lowest BCUT2D eigenvalue weighted by Crippen LogP contribution is -2.07. The van der Waals surface area contributed by atoms with Gasteiger partial charge in [-0.1, -0.05) is 30.3 Å². The maximum absolute atomic E-state index is 10.5. The van der Waals surface area contributed by atoms with Crippen molar-refractivity contribution in [2.75, 3.05) is 5.23 Å². The van der Waals surface area contributed by atoms with Crippen LogP contribution >= 0.6 is 0 Å². The Bertz CT molecular complexity index is 457. The number of pyridine rings is 1. The molecule has 0 spiro atoms. The summed E-state index contributed by atoms with van der Waals surface area (Å²) in [6.45, 7) is 0.410. The molecule has 2 rings (SSSR count). The highest BCUT2D eigenvalue weighted by Gasteiger charge is 1.98. The number of hydrogen-bond donors (Lipinski definition) is 1. The molecule has 0 amide bonds. The van der Waals surface area contributed by atoms with E-state index in [-0.39, 0.29) is 10.9 Å². The van der Waals surface area contributed by atoms with Crippen molar-refractivity contribution in [3.63, 3.8) is 0 Å². The van der Waals surface area contributed by atoms with E-state index in [0.717, 1.165) is 5.56 Å². The fourth-order valence-corrected chi connectivity index (χ4v) is 1.30. The normalized spacial score (nSPS) is 10.0. The van der Waals surface area contributed by atoms with Gasteiger partial charge in [0.15, 0.2) is 0 Å². The van der Waals surface area contributed by atoms with E-state index >= 15 is 0 Å². The first-order valence-electron chi connectivity index (χ1n) is 5.04. The van der Waals surface area contributed by atoms with Gasteiger partial charge < -0.3 is 15.2 Å². The fraction of sp³-hybridized carbons (Fsp3) is 0.0833. The fourth-order valence-electron chi connectivity index (χ4n) is 1.30. The molecule has 1 aromatic heterocycles. The van der Waals surface area contributed by atoms with Crippen LogP contribution in [0.25, 0.3) is 0 Å². The minimum absolute atomic E-state index is 0.0667. The summed E-state index contributed by atoms with van der Waals surface area (Å²) in [6, 6.07) is 12.6. The van der Waals surface area contributed by atoms with Crippen LogP contribution in [0, 0.1) is 5.21 Å². The summed E-state index contributed by atoms with van der Waals surface area (Å²) in [4.78, 5) is 3.89. The third-order valence-electron chi connectivity index (χ3n) is 2.17. The lowest BCUT2D eigenvalue weighted by Gasteiger charge is -2.20. The molecule has 1 aromatic carbocycles. The molecule has 0 bridgehead atoms. The summed E-state index contributed by atoms with van der Waals surface area (Å²) in [5.74, 6) is 0.402. The minimum atomic E-state index is -0.242. The van der Waals surface area contributed by atoms with Crippen molar-refractivity contribution >= 4 is 5.69 Å². The van der Waals surface area contributed by atoms with E-state index in [2.05, 4.69) is 4.98 Å². The van der Waals surface area contributed by atoms with Crippen LogP contribution in [-0.4, -0.2) is 10.2 Å². The number of ether oxygens (including phenoxy) is 1. The first-order valence-corrected chi connectivity index (χ1v) is 5.04. The van der Waals surface area contributed by atoms with Gasteiger partial charge in [0.2, 0.25) is 5.88 Å². The standard InChI is InChI=1S/C12H11N2O3/c15-14(16)11-6-7-12(13-8-11)17-9-10-4-2-1-3-5-10/h1-8,15H,9H2/q-1. The van der Waals surface area contributed by atoms with Crippen molar-refractivity contribution in [1.29, 1.82) is 0 Å². The molecule has 17 heavy (non-hydrogen) atoms. The maximum Gasteiger partial charge on any atom is 0.213 e. The van der Waals surface area contributed by atoms with Gasteiger partial charge in [0, 0.05) is 6.07 Å². The highest BCUT2D eigenvalue weighted by atomic mass is 16.8. The predicted molar refractivity (Wildman–Crippen MR) is 62.6 cm³/mol. The van der Waals surface area contributed by atoms with Crippen molar-refractivity contribution < 1.29 is 9.94 Å². The van der Waals surface area contributed by atoms with Gasteiger partial charge in [-0.3, -0.25) is 5.21 Å². The predicted octanol–water partition coefficient (Wildman–Crippen LogP) is 2.35. The Labute approximate surface area is 98.4 Å². The molecule has 0 atom stereocenters.